The molecule has 0 spiro atoms. The molecule has 20 heavy (non-hydrogen) atoms. The van der Waals surface area contributed by atoms with Gasteiger partial charge in [-0.15, -0.1) is 0 Å². The summed E-state index contributed by atoms with van der Waals surface area (Å²) in [6, 6.07) is 0.353. The highest BCUT2D eigenvalue weighted by molar-refractivity contribution is 5.56. The van der Waals surface area contributed by atoms with Gasteiger partial charge in [-0.3, -0.25) is 0 Å². The highest BCUT2D eigenvalue weighted by atomic mass is 15.3. The minimum atomic E-state index is 0.353. The van der Waals surface area contributed by atoms with E-state index in [2.05, 4.69) is 32.5 Å². The molecule has 0 amide bonds. The largest absolute Gasteiger partial charge is 0.366 e. The number of rotatable bonds is 5. The second-order valence-electron chi connectivity index (χ2n) is 5.64. The smallest absolute Gasteiger partial charge is 0.148 e. The third kappa shape index (κ3) is 3.80. The first-order valence-electron chi connectivity index (χ1n) is 7.41. The Morgan fingerprint density at radius 2 is 1.80 bits per heavy atom. The third-order valence-corrected chi connectivity index (χ3v) is 3.76. The Morgan fingerprint density at radius 3 is 2.45 bits per heavy atom. The Labute approximate surface area is 121 Å². The summed E-state index contributed by atoms with van der Waals surface area (Å²) >= 11 is 0. The van der Waals surface area contributed by atoms with Gasteiger partial charge in [0.15, 0.2) is 0 Å². The van der Waals surface area contributed by atoms with Gasteiger partial charge in [0.2, 0.25) is 0 Å². The topological polar surface area (TPSA) is 79.1 Å². The SMILES string of the molecule is Cc1nc(NN)c(C)c(NC(C)CN2CCCCC2)n1. The van der Waals surface area contributed by atoms with Gasteiger partial charge in [-0.25, -0.2) is 15.8 Å². The minimum Gasteiger partial charge on any atom is -0.366 e. The van der Waals surface area contributed by atoms with Gasteiger partial charge < -0.3 is 15.6 Å². The van der Waals surface area contributed by atoms with E-state index in [0.717, 1.165) is 23.8 Å². The van der Waals surface area contributed by atoms with Gasteiger partial charge >= 0.3 is 0 Å². The number of anilines is 2. The third-order valence-electron chi connectivity index (χ3n) is 3.76. The number of likely N-dealkylation sites (tertiary alicyclic amines) is 1. The number of nitrogens with two attached hydrogens (primary N) is 1. The normalized spacial score (nSPS) is 17.8. The van der Waals surface area contributed by atoms with Crippen molar-refractivity contribution in [2.75, 3.05) is 30.4 Å². The average molecular weight is 278 g/mol. The van der Waals surface area contributed by atoms with Crippen LogP contribution in [0.25, 0.3) is 0 Å². The van der Waals surface area contributed by atoms with Gasteiger partial charge in [-0.05, 0) is 46.7 Å². The number of nitrogens with one attached hydrogen (secondary N) is 2. The summed E-state index contributed by atoms with van der Waals surface area (Å²) in [6.45, 7) is 9.52. The molecule has 0 aliphatic carbocycles. The molecule has 1 saturated heterocycles. The van der Waals surface area contributed by atoms with E-state index in [1.54, 1.807) is 0 Å². The molecule has 2 rings (SSSR count). The number of aryl methyl sites for hydroxylation is 1. The standard InChI is InChI=1S/C14H26N6/c1-10(9-20-7-5-4-6-8-20)16-13-11(2)14(19-15)18-12(3)17-13/h10H,4-9,15H2,1-3H3,(H2,16,17,18,19). The molecule has 1 aliphatic heterocycles. The van der Waals surface area contributed by atoms with E-state index in [9.17, 15) is 0 Å². The van der Waals surface area contributed by atoms with E-state index in [1.165, 1.54) is 32.4 Å². The van der Waals surface area contributed by atoms with Crippen LogP contribution in [0, 0.1) is 13.8 Å². The number of nitrogen functional groups attached to an aromatic ring is 1. The summed E-state index contributed by atoms with van der Waals surface area (Å²) in [5.74, 6) is 7.77. The van der Waals surface area contributed by atoms with Crippen LogP contribution in [-0.2, 0) is 0 Å². The molecule has 112 valence electrons. The van der Waals surface area contributed by atoms with Crippen molar-refractivity contribution in [3.63, 3.8) is 0 Å². The van der Waals surface area contributed by atoms with Crippen molar-refractivity contribution >= 4 is 11.6 Å². The summed E-state index contributed by atoms with van der Waals surface area (Å²) < 4.78 is 0. The molecule has 1 unspecified atom stereocenters. The van der Waals surface area contributed by atoms with E-state index >= 15 is 0 Å². The molecular weight excluding hydrogens is 252 g/mol. The zero-order chi connectivity index (χ0) is 14.5. The van der Waals surface area contributed by atoms with Gasteiger partial charge in [0.25, 0.3) is 0 Å². The quantitative estimate of drug-likeness (QED) is 0.561. The summed E-state index contributed by atoms with van der Waals surface area (Å²) in [5.41, 5.74) is 3.59. The maximum atomic E-state index is 5.49. The Hall–Kier alpha value is -1.40. The highest BCUT2D eigenvalue weighted by Gasteiger charge is 2.15. The second kappa shape index (κ2) is 6.85. The van der Waals surface area contributed by atoms with Crippen LogP contribution < -0.4 is 16.6 Å². The van der Waals surface area contributed by atoms with E-state index in [4.69, 9.17) is 5.84 Å². The molecule has 1 fully saturated rings. The van der Waals surface area contributed by atoms with E-state index < -0.39 is 0 Å². The zero-order valence-electron chi connectivity index (χ0n) is 12.7. The molecule has 1 aliphatic rings. The maximum Gasteiger partial charge on any atom is 0.148 e. The molecule has 1 aromatic heterocycles. The Balaban J connectivity index is 1.99. The van der Waals surface area contributed by atoms with Crippen molar-refractivity contribution in [1.82, 2.24) is 14.9 Å². The van der Waals surface area contributed by atoms with Crippen LogP contribution in [0.5, 0.6) is 0 Å². The summed E-state index contributed by atoms with van der Waals surface area (Å²) in [6.07, 6.45) is 4.01. The summed E-state index contributed by atoms with van der Waals surface area (Å²) in [4.78, 5) is 11.3. The molecule has 1 atom stereocenters. The van der Waals surface area contributed by atoms with Crippen molar-refractivity contribution in [1.29, 1.82) is 0 Å². The first-order valence-corrected chi connectivity index (χ1v) is 7.41. The van der Waals surface area contributed by atoms with Crippen LogP contribution in [0.4, 0.5) is 11.6 Å². The highest BCUT2D eigenvalue weighted by Crippen LogP contribution is 2.20. The predicted molar refractivity (Wildman–Crippen MR) is 82.7 cm³/mol. The van der Waals surface area contributed by atoms with Crippen molar-refractivity contribution in [3.05, 3.63) is 11.4 Å². The molecule has 6 heteroatoms. The first kappa shape index (κ1) is 15.0. The van der Waals surface area contributed by atoms with Crippen molar-refractivity contribution < 1.29 is 0 Å². The van der Waals surface area contributed by atoms with Crippen molar-refractivity contribution in [3.8, 4) is 0 Å². The van der Waals surface area contributed by atoms with Gasteiger partial charge in [0.1, 0.15) is 17.5 Å². The first-order chi connectivity index (χ1) is 9.60. The lowest BCUT2D eigenvalue weighted by Crippen LogP contribution is -2.38. The second-order valence-corrected chi connectivity index (χ2v) is 5.64. The number of hydrogen-bond donors (Lipinski definition) is 3. The Kier molecular flexibility index (Phi) is 5.14. The molecule has 0 aromatic carbocycles. The fourth-order valence-electron chi connectivity index (χ4n) is 2.72. The van der Waals surface area contributed by atoms with E-state index in [0.29, 0.717) is 11.9 Å². The van der Waals surface area contributed by atoms with Gasteiger partial charge in [-0.1, -0.05) is 6.42 Å². The lowest BCUT2D eigenvalue weighted by Gasteiger charge is -2.29. The fraction of sp³-hybridized carbons (Fsp3) is 0.714. The number of hydrazine groups is 1. The van der Waals surface area contributed by atoms with Gasteiger partial charge in [0, 0.05) is 18.2 Å². The Bertz CT molecular complexity index is 442. The van der Waals surface area contributed by atoms with Crippen LogP contribution in [0.2, 0.25) is 0 Å². The number of hydrogen-bond acceptors (Lipinski definition) is 6. The van der Waals surface area contributed by atoms with Crippen LogP contribution in [-0.4, -0.2) is 40.5 Å². The Morgan fingerprint density at radius 1 is 1.15 bits per heavy atom. The molecule has 0 radical (unpaired) electrons. The average Bonchev–Trinajstić information content (AvgIpc) is 2.43. The van der Waals surface area contributed by atoms with Crippen LogP contribution in [0.15, 0.2) is 0 Å². The lowest BCUT2D eigenvalue weighted by molar-refractivity contribution is 0.223. The molecular formula is C14H26N6. The van der Waals surface area contributed by atoms with Crippen molar-refractivity contribution in [2.24, 2.45) is 5.84 Å². The lowest BCUT2D eigenvalue weighted by atomic mass is 10.1. The molecule has 4 N–H and O–H groups in total. The van der Waals surface area contributed by atoms with Crippen LogP contribution in [0.3, 0.4) is 0 Å². The molecule has 6 nitrogen and oxygen atoms in total. The molecule has 2 heterocycles. The van der Waals surface area contributed by atoms with Gasteiger partial charge in [0.05, 0.1) is 0 Å². The predicted octanol–water partition coefficient (Wildman–Crippen LogP) is 1.67. The van der Waals surface area contributed by atoms with Crippen LogP contribution in [0.1, 0.15) is 37.6 Å². The minimum absolute atomic E-state index is 0.353. The van der Waals surface area contributed by atoms with Crippen LogP contribution >= 0.6 is 0 Å². The van der Waals surface area contributed by atoms with Gasteiger partial charge in [-0.2, -0.15) is 0 Å². The number of aromatic nitrogens is 2. The number of nitrogens with zero attached hydrogens (tertiary/aromatic N) is 3. The van der Waals surface area contributed by atoms with Crippen molar-refractivity contribution in [2.45, 2.75) is 46.1 Å². The van der Waals surface area contributed by atoms with E-state index in [1.807, 2.05) is 13.8 Å². The zero-order valence-corrected chi connectivity index (χ0v) is 12.7. The monoisotopic (exact) mass is 278 g/mol. The summed E-state index contributed by atoms with van der Waals surface area (Å²) in [7, 11) is 0. The number of piperidine rings is 1. The molecule has 0 bridgehead atoms. The summed E-state index contributed by atoms with van der Waals surface area (Å²) in [5, 5.41) is 3.48. The maximum absolute atomic E-state index is 5.49. The molecule has 0 saturated carbocycles. The van der Waals surface area contributed by atoms with E-state index in [-0.39, 0.29) is 0 Å². The fourth-order valence-corrected chi connectivity index (χ4v) is 2.72. The molecule has 1 aromatic rings.